The molecule has 2 heterocycles. The highest BCUT2D eigenvalue weighted by molar-refractivity contribution is 5.89. The van der Waals surface area contributed by atoms with Crippen molar-refractivity contribution in [1.82, 2.24) is 20.4 Å². The van der Waals surface area contributed by atoms with Crippen LogP contribution in [0.2, 0.25) is 0 Å². The highest BCUT2D eigenvalue weighted by Crippen LogP contribution is 2.26. The normalized spacial score (nSPS) is 16.1. The van der Waals surface area contributed by atoms with E-state index < -0.39 is 66.3 Å². The molecule has 0 radical (unpaired) electrons. The predicted molar refractivity (Wildman–Crippen MR) is 263 cm³/mol. The van der Waals surface area contributed by atoms with Gasteiger partial charge in [-0.15, -0.1) is 0 Å². The Bertz CT molecular complexity index is 2160. The summed E-state index contributed by atoms with van der Waals surface area (Å²) in [5, 5.41) is 39.6. The summed E-state index contributed by atoms with van der Waals surface area (Å²) in [6.45, 7) is 7.75. The van der Waals surface area contributed by atoms with Crippen LogP contribution in [0.5, 0.6) is 0 Å². The Balaban J connectivity index is 0.000000434. The summed E-state index contributed by atoms with van der Waals surface area (Å²) in [6, 6.07) is 30.0. The second-order valence-corrected chi connectivity index (χ2v) is 16.3. The summed E-state index contributed by atoms with van der Waals surface area (Å²) >= 11 is 0. The first-order chi connectivity index (χ1) is 32.5. The van der Waals surface area contributed by atoms with Crippen molar-refractivity contribution in [2.75, 3.05) is 13.2 Å². The Hall–Kier alpha value is -6.38. The van der Waals surface area contributed by atoms with Crippen molar-refractivity contribution in [1.29, 1.82) is 0 Å². The van der Waals surface area contributed by atoms with Crippen molar-refractivity contribution in [2.45, 2.75) is 116 Å². The Morgan fingerprint density at radius 2 is 0.843 bits per heavy atom. The highest BCUT2D eigenvalue weighted by Gasteiger charge is 2.39. The van der Waals surface area contributed by atoms with Gasteiger partial charge in [0.25, 0.3) is 0 Å². The number of benzene rings is 4. The highest BCUT2D eigenvalue weighted by atomic mass is 24.3. The summed E-state index contributed by atoms with van der Waals surface area (Å²) in [5.41, 5.74) is 5.93. The van der Waals surface area contributed by atoms with Gasteiger partial charge in [-0.05, 0) is 86.8 Å². The standard InChI is InChI=1S/2C25H30N2O5.CH2O3.Mg.H2O.2H/c2*1-3-32-25(31)21(14-13-18-9-5-4-6-10-18)26-17(2)23(28)27-16-20-12-8-7-11-19(20)15-22(27)24(29)30;2-1(3)4;;;;/h2*4-12,17,21-22,26H,3,13-16H2,1-2H3,(H,29,30);(H2,2,3,4);;1H2;;/t2*17-,21-,22-;;;;;/m00...../s1. The van der Waals surface area contributed by atoms with Crippen LogP contribution >= 0.6 is 0 Å². The third kappa shape index (κ3) is 18.2. The van der Waals surface area contributed by atoms with Gasteiger partial charge in [0.15, 0.2) is 0 Å². The molecule has 0 saturated carbocycles. The SMILES string of the molecule is CCOC(=O)[C@H](CCc1ccccc1)N[C@@H](C)C(=O)N1Cc2ccccc2C[C@H]1C(=O)O.CCOC(=O)[C@H](CCc1ccccc1)N[C@@H](C)C(=O)N1Cc2ccccc2C[C@H]1C(=O)O.O.O=C(O)O.[MgH2]. The monoisotopic (exact) mass is 982 g/mol. The quantitative estimate of drug-likeness (QED) is 0.0614. The smallest absolute Gasteiger partial charge is 0.480 e. The number of esters is 2. The van der Waals surface area contributed by atoms with Crippen LogP contribution in [0.1, 0.15) is 73.9 Å². The number of fused-ring (bicyclic) bond motifs is 2. The number of carbonyl (C=O) groups excluding carboxylic acids is 4. The summed E-state index contributed by atoms with van der Waals surface area (Å²) in [5.74, 6) is -3.59. The maximum Gasteiger partial charge on any atom is 0.503 e. The van der Waals surface area contributed by atoms with Crippen LogP contribution in [0.15, 0.2) is 109 Å². The van der Waals surface area contributed by atoms with Crippen LogP contribution in [-0.4, -0.2) is 150 Å². The topological polar surface area (TPSA) is 281 Å². The van der Waals surface area contributed by atoms with Crippen LogP contribution in [0.3, 0.4) is 0 Å². The van der Waals surface area contributed by atoms with Crippen LogP contribution in [-0.2, 0) is 77.0 Å². The molecule has 0 saturated heterocycles. The molecule has 376 valence electrons. The number of hydrogen-bond donors (Lipinski definition) is 6. The molecule has 0 fully saturated rings. The molecular weight excluding hydrogens is 917 g/mol. The molecule has 0 aromatic heterocycles. The number of nitrogens with one attached hydrogen (secondary N) is 2. The number of rotatable bonds is 18. The number of aliphatic carboxylic acids is 2. The Morgan fingerprint density at radius 1 is 0.543 bits per heavy atom. The van der Waals surface area contributed by atoms with E-state index in [-0.39, 0.29) is 79.5 Å². The van der Waals surface area contributed by atoms with Gasteiger partial charge >= 0.3 is 53.1 Å². The molecule has 0 unspecified atom stereocenters. The number of hydrogen-bond acceptors (Lipinski definition) is 11. The van der Waals surface area contributed by atoms with Gasteiger partial charge in [-0.1, -0.05) is 109 Å². The minimum absolute atomic E-state index is 0. The minimum atomic E-state index is -1.83. The maximum atomic E-state index is 13.3. The molecule has 4 aromatic rings. The van der Waals surface area contributed by atoms with E-state index in [0.29, 0.717) is 25.7 Å². The molecule has 2 aliphatic rings. The minimum Gasteiger partial charge on any atom is -0.480 e. The number of nitrogens with zero attached hydrogens (tertiary/aromatic N) is 2. The van der Waals surface area contributed by atoms with E-state index in [9.17, 15) is 39.0 Å². The lowest BCUT2D eigenvalue weighted by Gasteiger charge is -2.36. The Labute approximate surface area is 423 Å². The van der Waals surface area contributed by atoms with E-state index in [1.54, 1.807) is 27.7 Å². The van der Waals surface area contributed by atoms with Gasteiger partial charge < -0.3 is 45.2 Å². The maximum absolute atomic E-state index is 13.3. The third-order valence-electron chi connectivity index (χ3n) is 11.5. The average molecular weight is 983 g/mol. The number of ether oxygens (including phenoxy) is 2. The van der Waals surface area contributed by atoms with Crippen LogP contribution < -0.4 is 10.6 Å². The lowest BCUT2D eigenvalue weighted by molar-refractivity contribution is -0.153. The van der Waals surface area contributed by atoms with Gasteiger partial charge in [-0.3, -0.25) is 29.8 Å². The second kappa shape index (κ2) is 30.3. The van der Waals surface area contributed by atoms with Gasteiger partial charge in [0.05, 0.1) is 25.3 Å². The fourth-order valence-corrected chi connectivity index (χ4v) is 8.13. The molecule has 0 aliphatic carbocycles. The van der Waals surface area contributed by atoms with E-state index in [1.165, 1.54) is 9.80 Å². The van der Waals surface area contributed by atoms with Crippen molar-refractivity contribution in [3.63, 3.8) is 0 Å². The number of carboxylic acid groups (broad SMARTS) is 4. The number of carbonyl (C=O) groups is 7. The fourth-order valence-electron chi connectivity index (χ4n) is 8.13. The lowest BCUT2D eigenvalue weighted by atomic mass is 9.93. The van der Waals surface area contributed by atoms with Crippen molar-refractivity contribution < 1.29 is 68.9 Å². The molecule has 6 atom stereocenters. The van der Waals surface area contributed by atoms with Gasteiger partial charge in [-0.2, -0.15) is 0 Å². The first-order valence-corrected chi connectivity index (χ1v) is 22.6. The molecule has 19 heteroatoms. The summed E-state index contributed by atoms with van der Waals surface area (Å²) in [6.07, 6.45) is 0.913. The van der Waals surface area contributed by atoms with E-state index in [4.69, 9.17) is 24.5 Å². The lowest BCUT2D eigenvalue weighted by Crippen LogP contribution is -2.56. The number of carboxylic acids is 2. The van der Waals surface area contributed by atoms with E-state index in [0.717, 1.165) is 33.4 Å². The van der Waals surface area contributed by atoms with Crippen LogP contribution in [0.4, 0.5) is 4.79 Å². The zero-order chi connectivity index (χ0) is 49.8. The largest absolute Gasteiger partial charge is 0.503 e. The van der Waals surface area contributed by atoms with Gasteiger partial charge in [0, 0.05) is 25.9 Å². The van der Waals surface area contributed by atoms with Gasteiger partial charge in [0.1, 0.15) is 24.2 Å². The molecule has 8 N–H and O–H groups in total. The first kappa shape index (κ1) is 59.7. The van der Waals surface area contributed by atoms with Crippen molar-refractivity contribution in [3.05, 3.63) is 143 Å². The summed E-state index contributed by atoms with van der Waals surface area (Å²) in [4.78, 5) is 86.7. The predicted octanol–water partition coefficient (Wildman–Crippen LogP) is 3.62. The molecule has 70 heavy (non-hydrogen) atoms. The van der Waals surface area contributed by atoms with Crippen molar-refractivity contribution >= 4 is 64.9 Å². The van der Waals surface area contributed by atoms with E-state index >= 15 is 0 Å². The molecule has 0 spiro atoms. The zero-order valence-electron chi connectivity index (χ0n) is 39.3. The van der Waals surface area contributed by atoms with Crippen molar-refractivity contribution in [3.8, 4) is 0 Å². The van der Waals surface area contributed by atoms with Crippen LogP contribution in [0.25, 0.3) is 0 Å². The number of aryl methyl sites for hydroxylation is 2. The molecule has 2 amide bonds. The number of amides is 2. The fraction of sp³-hybridized carbons (Fsp3) is 0.392. The third-order valence-corrected chi connectivity index (χ3v) is 11.5. The summed E-state index contributed by atoms with van der Waals surface area (Å²) in [7, 11) is 0. The average Bonchev–Trinajstić information content (AvgIpc) is 3.33. The molecular formula is C51H66MgN4O14. The van der Waals surface area contributed by atoms with Gasteiger partial charge in [-0.25, -0.2) is 14.4 Å². The van der Waals surface area contributed by atoms with Crippen molar-refractivity contribution in [2.24, 2.45) is 0 Å². The first-order valence-electron chi connectivity index (χ1n) is 22.6. The Kier molecular flexibility index (Phi) is 25.8. The summed E-state index contributed by atoms with van der Waals surface area (Å²) < 4.78 is 10.4. The van der Waals surface area contributed by atoms with E-state index in [1.807, 2.05) is 109 Å². The Morgan fingerprint density at radius 3 is 1.14 bits per heavy atom. The van der Waals surface area contributed by atoms with E-state index in [2.05, 4.69) is 10.6 Å². The zero-order valence-corrected chi connectivity index (χ0v) is 39.3. The molecule has 18 nitrogen and oxygen atoms in total. The molecule has 2 aliphatic heterocycles. The molecule has 6 rings (SSSR count). The van der Waals surface area contributed by atoms with Crippen LogP contribution in [0, 0.1) is 0 Å². The molecule has 0 bridgehead atoms. The molecule has 4 aromatic carbocycles. The van der Waals surface area contributed by atoms with Gasteiger partial charge in [0.2, 0.25) is 11.8 Å². The second-order valence-electron chi connectivity index (χ2n) is 16.3.